The molecular formula is C23H35NO3. The molecule has 0 aromatic carbocycles. The number of hydrogen-bond donors (Lipinski definition) is 2. The molecule has 27 heavy (non-hydrogen) atoms. The summed E-state index contributed by atoms with van der Waals surface area (Å²) < 4.78 is 0. The monoisotopic (exact) mass is 373 g/mol. The van der Waals surface area contributed by atoms with Crippen LogP contribution in [0.1, 0.15) is 78.6 Å². The van der Waals surface area contributed by atoms with Crippen LogP contribution in [-0.2, 0) is 9.59 Å². The molecule has 1 fully saturated rings. The SMILES string of the molecule is C=C[C@]1(C)CCC2=C(CCC3C2(C)CCC[C@]3(C)C(=O)NCCC(=O)O)C1. The lowest BCUT2D eigenvalue weighted by Gasteiger charge is -2.57. The molecule has 3 rings (SSSR count). The van der Waals surface area contributed by atoms with Crippen molar-refractivity contribution in [2.24, 2.45) is 22.2 Å². The number of carboxylic acid groups (broad SMARTS) is 1. The summed E-state index contributed by atoms with van der Waals surface area (Å²) in [5.74, 6) is -0.472. The second kappa shape index (κ2) is 7.10. The number of allylic oxidation sites excluding steroid dienone is 3. The first-order chi connectivity index (χ1) is 12.6. The highest BCUT2D eigenvalue weighted by atomic mass is 16.4. The molecule has 0 radical (unpaired) electrons. The van der Waals surface area contributed by atoms with Crippen molar-refractivity contribution >= 4 is 11.9 Å². The second-order valence-electron chi connectivity index (χ2n) is 9.80. The summed E-state index contributed by atoms with van der Waals surface area (Å²) in [6, 6.07) is 0. The Balaban J connectivity index is 1.84. The molecule has 0 aromatic heterocycles. The first-order valence-electron chi connectivity index (χ1n) is 10.5. The molecule has 1 amide bonds. The van der Waals surface area contributed by atoms with E-state index in [-0.39, 0.29) is 29.7 Å². The number of nitrogens with one attached hydrogen (secondary N) is 1. The Hall–Kier alpha value is -1.58. The van der Waals surface area contributed by atoms with E-state index in [1.54, 1.807) is 11.1 Å². The lowest BCUT2D eigenvalue weighted by Crippen LogP contribution is -2.54. The van der Waals surface area contributed by atoms with Gasteiger partial charge in [0.25, 0.3) is 0 Å². The van der Waals surface area contributed by atoms with Crippen LogP contribution in [0.15, 0.2) is 23.8 Å². The molecule has 1 saturated carbocycles. The fourth-order valence-corrected chi connectivity index (χ4v) is 6.32. The third kappa shape index (κ3) is 3.48. The summed E-state index contributed by atoms with van der Waals surface area (Å²) in [4.78, 5) is 23.9. The molecule has 0 spiro atoms. The Morgan fingerprint density at radius 3 is 2.63 bits per heavy atom. The van der Waals surface area contributed by atoms with Crippen LogP contribution in [0, 0.1) is 22.2 Å². The highest BCUT2D eigenvalue weighted by Gasteiger charge is 2.56. The van der Waals surface area contributed by atoms with Crippen molar-refractivity contribution in [3.8, 4) is 0 Å². The van der Waals surface area contributed by atoms with Crippen LogP contribution < -0.4 is 5.32 Å². The fourth-order valence-electron chi connectivity index (χ4n) is 6.32. The molecule has 3 aliphatic carbocycles. The minimum absolute atomic E-state index is 0.0147. The normalized spacial score (nSPS) is 38.6. The van der Waals surface area contributed by atoms with Gasteiger partial charge in [0.1, 0.15) is 0 Å². The molecule has 4 atom stereocenters. The van der Waals surface area contributed by atoms with Crippen LogP contribution in [0.3, 0.4) is 0 Å². The largest absolute Gasteiger partial charge is 0.481 e. The first-order valence-corrected chi connectivity index (χ1v) is 10.5. The first kappa shape index (κ1) is 20.2. The van der Waals surface area contributed by atoms with E-state index in [1.807, 2.05) is 0 Å². The van der Waals surface area contributed by atoms with Gasteiger partial charge in [-0.05, 0) is 61.7 Å². The van der Waals surface area contributed by atoms with Crippen molar-refractivity contribution in [2.45, 2.75) is 78.6 Å². The van der Waals surface area contributed by atoms with Gasteiger partial charge in [-0.15, -0.1) is 6.58 Å². The van der Waals surface area contributed by atoms with Crippen LogP contribution in [0.4, 0.5) is 0 Å². The molecule has 0 aromatic rings. The van der Waals surface area contributed by atoms with Gasteiger partial charge in [-0.25, -0.2) is 0 Å². The summed E-state index contributed by atoms with van der Waals surface area (Å²) in [7, 11) is 0. The standard InChI is InChI=1S/C23H35NO3/c1-5-21(2)13-9-17-16(15-21)7-8-18-22(17,3)11-6-12-23(18,4)20(27)24-14-10-19(25)26/h5,18H,1,6-15H2,2-4H3,(H,24,27)(H,25,26)/t18?,21-,22?,23+/m1/s1. The minimum atomic E-state index is -0.867. The molecule has 150 valence electrons. The lowest BCUT2D eigenvalue weighted by atomic mass is 9.47. The third-order valence-corrected chi connectivity index (χ3v) is 7.98. The Morgan fingerprint density at radius 2 is 1.96 bits per heavy atom. The van der Waals surface area contributed by atoms with Crippen molar-refractivity contribution < 1.29 is 14.7 Å². The van der Waals surface area contributed by atoms with E-state index in [0.717, 1.165) is 44.9 Å². The van der Waals surface area contributed by atoms with Gasteiger partial charge >= 0.3 is 5.97 Å². The second-order valence-corrected chi connectivity index (χ2v) is 9.80. The minimum Gasteiger partial charge on any atom is -0.481 e. The van der Waals surface area contributed by atoms with Gasteiger partial charge in [0, 0.05) is 6.54 Å². The molecule has 3 aliphatic rings. The molecule has 2 N–H and O–H groups in total. The Morgan fingerprint density at radius 1 is 1.22 bits per heavy atom. The number of aliphatic carboxylic acids is 1. The molecular weight excluding hydrogens is 338 g/mol. The Labute approximate surface area is 163 Å². The van der Waals surface area contributed by atoms with Gasteiger partial charge in [-0.3, -0.25) is 9.59 Å². The van der Waals surface area contributed by atoms with Gasteiger partial charge in [0.15, 0.2) is 0 Å². The lowest BCUT2D eigenvalue weighted by molar-refractivity contribution is -0.141. The van der Waals surface area contributed by atoms with Crippen LogP contribution in [0.25, 0.3) is 0 Å². The highest BCUT2D eigenvalue weighted by Crippen LogP contribution is 2.63. The molecule has 4 heteroatoms. The van der Waals surface area contributed by atoms with E-state index in [4.69, 9.17) is 5.11 Å². The summed E-state index contributed by atoms with van der Waals surface area (Å²) in [6.07, 6.45) is 10.8. The van der Waals surface area contributed by atoms with Crippen molar-refractivity contribution in [3.05, 3.63) is 23.8 Å². The van der Waals surface area contributed by atoms with Gasteiger partial charge in [-0.1, -0.05) is 44.4 Å². The predicted molar refractivity (Wildman–Crippen MR) is 107 cm³/mol. The molecule has 0 saturated heterocycles. The van der Waals surface area contributed by atoms with Crippen molar-refractivity contribution in [1.29, 1.82) is 0 Å². The quantitative estimate of drug-likeness (QED) is 0.677. The van der Waals surface area contributed by atoms with Gasteiger partial charge in [0.2, 0.25) is 5.91 Å². The average molecular weight is 374 g/mol. The number of rotatable bonds is 5. The van der Waals surface area contributed by atoms with Gasteiger partial charge in [-0.2, -0.15) is 0 Å². The van der Waals surface area contributed by atoms with E-state index in [1.165, 1.54) is 6.42 Å². The number of amides is 1. The third-order valence-electron chi connectivity index (χ3n) is 7.98. The number of carbonyl (C=O) groups is 2. The maximum atomic E-state index is 13.1. The summed E-state index contributed by atoms with van der Waals surface area (Å²) in [5.41, 5.74) is 3.17. The van der Waals surface area contributed by atoms with E-state index in [0.29, 0.717) is 5.92 Å². The topological polar surface area (TPSA) is 66.4 Å². The predicted octanol–water partition coefficient (Wildman–Crippen LogP) is 4.86. The van der Waals surface area contributed by atoms with Crippen molar-refractivity contribution in [2.75, 3.05) is 6.54 Å². The number of hydrogen-bond acceptors (Lipinski definition) is 2. The Kier molecular flexibility index (Phi) is 5.31. The van der Waals surface area contributed by atoms with Gasteiger partial charge < -0.3 is 10.4 Å². The van der Waals surface area contributed by atoms with E-state index in [9.17, 15) is 9.59 Å². The van der Waals surface area contributed by atoms with Gasteiger partial charge in [0.05, 0.1) is 11.8 Å². The average Bonchev–Trinajstić information content (AvgIpc) is 2.60. The van der Waals surface area contributed by atoms with Crippen molar-refractivity contribution in [1.82, 2.24) is 5.32 Å². The van der Waals surface area contributed by atoms with Crippen LogP contribution in [0.5, 0.6) is 0 Å². The molecule has 2 unspecified atom stereocenters. The summed E-state index contributed by atoms with van der Waals surface area (Å²) in [5, 5.41) is 11.8. The maximum absolute atomic E-state index is 13.1. The summed E-state index contributed by atoms with van der Waals surface area (Å²) in [6.45, 7) is 11.1. The van der Waals surface area contributed by atoms with E-state index >= 15 is 0 Å². The zero-order valence-corrected chi connectivity index (χ0v) is 17.2. The number of fused-ring (bicyclic) bond motifs is 2. The molecule has 4 nitrogen and oxygen atoms in total. The van der Waals surface area contributed by atoms with Crippen LogP contribution in [0.2, 0.25) is 0 Å². The van der Waals surface area contributed by atoms with Crippen LogP contribution >= 0.6 is 0 Å². The highest BCUT2D eigenvalue weighted by molar-refractivity contribution is 5.83. The summed E-state index contributed by atoms with van der Waals surface area (Å²) >= 11 is 0. The maximum Gasteiger partial charge on any atom is 0.305 e. The Bertz CT molecular complexity index is 681. The van der Waals surface area contributed by atoms with Crippen molar-refractivity contribution in [3.63, 3.8) is 0 Å². The molecule has 0 heterocycles. The van der Waals surface area contributed by atoms with E-state index in [2.05, 4.69) is 38.7 Å². The van der Waals surface area contributed by atoms with E-state index < -0.39 is 11.4 Å². The molecule has 0 bridgehead atoms. The molecule has 0 aliphatic heterocycles. The number of carbonyl (C=O) groups excluding carboxylic acids is 1. The fraction of sp³-hybridized carbons (Fsp3) is 0.739. The zero-order chi connectivity index (χ0) is 19.9. The number of carboxylic acids is 1. The smallest absolute Gasteiger partial charge is 0.305 e. The zero-order valence-electron chi connectivity index (χ0n) is 17.2. The van der Waals surface area contributed by atoms with Crippen LogP contribution in [-0.4, -0.2) is 23.5 Å².